The largest absolute Gasteiger partial charge is 0.354 e. The average Bonchev–Trinajstić information content (AvgIpc) is 2.96. The molecule has 0 bridgehead atoms. The molecule has 8 heteroatoms. The first-order valence-corrected chi connectivity index (χ1v) is 10.4. The Kier molecular flexibility index (Phi) is 7.40. The van der Waals surface area contributed by atoms with E-state index in [1.54, 1.807) is 12.1 Å². The molecule has 0 aliphatic carbocycles. The van der Waals surface area contributed by atoms with Gasteiger partial charge >= 0.3 is 0 Å². The van der Waals surface area contributed by atoms with Crippen molar-refractivity contribution in [2.45, 2.75) is 51.3 Å². The second kappa shape index (κ2) is 8.42. The highest BCUT2D eigenvalue weighted by atomic mass is 32.2. The number of carbonyl (C=O) groups excluding carboxylic acids is 1. The lowest BCUT2D eigenvalue weighted by molar-refractivity contribution is -0.124. The minimum absolute atomic E-state index is 0.185. The average molecular weight is 376 g/mol. The van der Waals surface area contributed by atoms with Gasteiger partial charge in [0, 0.05) is 24.5 Å². The van der Waals surface area contributed by atoms with E-state index in [0.29, 0.717) is 30.3 Å². The number of rotatable bonds is 8. The van der Waals surface area contributed by atoms with Crippen LogP contribution in [0.15, 0.2) is 16.3 Å². The molecule has 1 aromatic heterocycles. The zero-order valence-corrected chi connectivity index (χ0v) is 16.8. The molecule has 0 aliphatic rings. The van der Waals surface area contributed by atoms with E-state index >= 15 is 0 Å². The molecule has 0 unspecified atom stereocenters. The van der Waals surface area contributed by atoms with E-state index in [9.17, 15) is 13.2 Å². The summed E-state index contributed by atoms with van der Waals surface area (Å²) in [6.45, 7) is 10.7. The second-order valence-corrected chi connectivity index (χ2v) is 10.0. The van der Waals surface area contributed by atoms with E-state index in [-0.39, 0.29) is 11.3 Å². The third-order valence-electron chi connectivity index (χ3n) is 3.82. The van der Waals surface area contributed by atoms with Gasteiger partial charge < -0.3 is 11.1 Å². The Labute approximate surface area is 149 Å². The summed E-state index contributed by atoms with van der Waals surface area (Å²) in [5.74, 6) is -0.185. The van der Waals surface area contributed by atoms with Gasteiger partial charge in [0.15, 0.2) is 0 Å². The number of thiophene rings is 1. The van der Waals surface area contributed by atoms with E-state index in [2.05, 4.69) is 5.32 Å². The molecule has 0 aromatic carbocycles. The smallest absolute Gasteiger partial charge is 0.252 e. The summed E-state index contributed by atoms with van der Waals surface area (Å²) < 4.78 is 26.7. The van der Waals surface area contributed by atoms with Crippen LogP contribution in [0, 0.1) is 5.41 Å². The normalized spacial score (nSPS) is 14.0. The van der Waals surface area contributed by atoms with Gasteiger partial charge in [0.1, 0.15) is 4.21 Å². The number of sulfonamides is 1. The molecule has 0 spiro atoms. The predicted molar refractivity (Wildman–Crippen MR) is 98.6 cm³/mol. The van der Waals surface area contributed by atoms with Gasteiger partial charge in [0.2, 0.25) is 5.91 Å². The van der Waals surface area contributed by atoms with Crippen molar-refractivity contribution >= 4 is 27.3 Å². The first-order valence-electron chi connectivity index (χ1n) is 8.16. The molecule has 6 nitrogen and oxygen atoms in total. The molecule has 1 aromatic rings. The standard InChI is InChI=1S/C16H29N3O3S2/c1-6-19(7-2)24(21,22)13-9-8-12(23-13)10-11-18-15(20)14(17)16(3,4)5/h8-9,14H,6-7,10-11,17H2,1-5H3,(H,18,20)/t14-/m1/s1. The van der Waals surface area contributed by atoms with Crippen LogP contribution >= 0.6 is 11.3 Å². The van der Waals surface area contributed by atoms with Crippen LogP contribution in [0.2, 0.25) is 0 Å². The molecule has 0 fully saturated rings. The van der Waals surface area contributed by atoms with Crippen LogP contribution in [-0.4, -0.2) is 44.3 Å². The van der Waals surface area contributed by atoms with Crippen molar-refractivity contribution in [2.75, 3.05) is 19.6 Å². The summed E-state index contributed by atoms with van der Waals surface area (Å²) in [7, 11) is -3.41. The lowest BCUT2D eigenvalue weighted by atomic mass is 9.87. The number of nitrogens with two attached hydrogens (primary N) is 1. The van der Waals surface area contributed by atoms with Crippen LogP contribution in [0.5, 0.6) is 0 Å². The molecule has 0 aliphatic heterocycles. The van der Waals surface area contributed by atoms with Crippen molar-refractivity contribution < 1.29 is 13.2 Å². The highest BCUT2D eigenvalue weighted by Gasteiger charge is 2.27. The van der Waals surface area contributed by atoms with Gasteiger partial charge in [0.25, 0.3) is 10.0 Å². The zero-order chi connectivity index (χ0) is 18.5. The Morgan fingerprint density at radius 1 is 1.29 bits per heavy atom. The number of amides is 1. The predicted octanol–water partition coefficient (Wildman–Crippen LogP) is 1.81. The van der Waals surface area contributed by atoms with Crippen LogP contribution in [0.4, 0.5) is 0 Å². The fraction of sp³-hybridized carbons (Fsp3) is 0.688. The van der Waals surface area contributed by atoms with E-state index in [0.717, 1.165) is 4.88 Å². The topological polar surface area (TPSA) is 92.5 Å². The Hall–Kier alpha value is -0.960. The van der Waals surface area contributed by atoms with E-state index < -0.39 is 16.1 Å². The molecule has 1 heterocycles. The maximum Gasteiger partial charge on any atom is 0.252 e. The highest BCUT2D eigenvalue weighted by molar-refractivity contribution is 7.91. The molecule has 24 heavy (non-hydrogen) atoms. The lowest BCUT2D eigenvalue weighted by Gasteiger charge is -2.25. The van der Waals surface area contributed by atoms with Crippen molar-refractivity contribution in [3.8, 4) is 0 Å². The number of nitrogens with zero attached hydrogens (tertiary/aromatic N) is 1. The summed E-state index contributed by atoms with van der Waals surface area (Å²) in [4.78, 5) is 12.9. The SMILES string of the molecule is CCN(CC)S(=O)(=O)c1ccc(CCNC(=O)[C@@H](N)C(C)(C)C)s1. The molecular formula is C16H29N3O3S2. The lowest BCUT2D eigenvalue weighted by Crippen LogP contribution is -2.48. The number of hydrogen-bond acceptors (Lipinski definition) is 5. The van der Waals surface area contributed by atoms with Crippen molar-refractivity contribution in [3.63, 3.8) is 0 Å². The van der Waals surface area contributed by atoms with Crippen LogP contribution in [-0.2, 0) is 21.2 Å². The maximum atomic E-state index is 12.4. The Balaban J connectivity index is 2.64. The molecule has 0 saturated heterocycles. The Morgan fingerprint density at radius 3 is 2.38 bits per heavy atom. The first-order chi connectivity index (χ1) is 11.0. The number of carbonyl (C=O) groups is 1. The number of hydrogen-bond donors (Lipinski definition) is 2. The summed E-state index contributed by atoms with van der Waals surface area (Å²) in [6, 6.07) is 2.87. The van der Waals surface area contributed by atoms with Gasteiger partial charge in [-0.2, -0.15) is 4.31 Å². The summed E-state index contributed by atoms with van der Waals surface area (Å²) in [5.41, 5.74) is 5.61. The van der Waals surface area contributed by atoms with Gasteiger partial charge in [0.05, 0.1) is 6.04 Å². The monoisotopic (exact) mass is 375 g/mol. The van der Waals surface area contributed by atoms with Gasteiger partial charge in [-0.25, -0.2) is 8.42 Å². The van der Waals surface area contributed by atoms with Crippen LogP contribution in [0.3, 0.4) is 0 Å². The van der Waals surface area contributed by atoms with Crippen LogP contribution in [0.1, 0.15) is 39.5 Å². The van der Waals surface area contributed by atoms with Crippen LogP contribution in [0.25, 0.3) is 0 Å². The molecule has 0 saturated carbocycles. The summed E-state index contributed by atoms with van der Waals surface area (Å²) >= 11 is 1.25. The molecule has 138 valence electrons. The van der Waals surface area contributed by atoms with E-state index in [1.807, 2.05) is 34.6 Å². The third kappa shape index (κ3) is 5.27. The minimum Gasteiger partial charge on any atom is -0.354 e. The van der Waals surface area contributed by atoms with Gasteiger partial charge in [-0.15, -0.1) is 11.3 Å². The van der Waals surface area contributed by atoms with E-state index in [4.69, 9.17) is 5.73 Å². The van der Waals surface area contributed by atoms with Gasteiger partial charge in [-0.05, 0) is 24.0 Å². The molecular weight excluding hydrogens is 346 g/mol. The minimum atomic E-state index is -3.41. The third-order valence-corrected chi connectivity index (χ3v) is 7.48. The molecule has 1 rings (SSSR count). The molecule has 1 amide bonds. The van der Waals surface area contributed by atoms with Gasteiger partial charge in [-0.1, -0.05) is 34.6 Å². The first kappa shape index (κ1) is 21.1. The number of nitrogens with one attached hydrogen (secondary N) is 1. The van der Waals surface area contributed by atoms with Crippen molar-refractivity contribution in [1.82, 2.24) is 9.62 Å². The Morgan fingerprint density at radius 2 is 1.88 bits per heavy atom. The van der Waals surface area contributed by atoms with Crippen molar-refractivity contribution in [3.05, 3.63) is 17.0 Å². The quantitative estimate of drug-likeness (QED) is 0.725. The molecule has 1 atom stereocenters. The van der Waals surface area contributed by atoms with Crippen molar-refractivity contribution in [1.29, 1.82) is 0 Å². The highest BCUT2D eigenvalue weighted by Crippen LogP contribution is 2.25. The summed E-state index contributed by atoms with van der Waals surface area (Å²) in [6.07, 6.45) is 0.584. The fourth-order valence-electron chi connectivity index (χ4n) is 2.13. The van der Waals surface area contributed by atoms with E-state index in [1.165, 1.54) is 15.6 Å². The summed E-state index contributed by atoms with van der Waals surface area (Å²) in [5, 5.41) is 2.81. The molecule has 0 radical (unpaired) electrons. The Bertz CT molecular complexity index is 644. The van der Waals surface area contributed by atoms with Crippen LogP contribution < -0.4 is 11.1 Å². The van der Waals surface area contributed by atoms with Crippen molar-refractivity contribution in [2.24, 2.45) is 11.1 Å². The second-order valence-electron chi connectivity index (χ2n) is 6.69. The zero-order valence-electron chi connectivity index (χ0n) is 15.1. The van der Waals surface area contributed by atoms with Gasteiger partial charge in [-0.3, -0.25) is 4.79 Å². The molecule has 3 N–H and O–H groups in total. The maximum absolute atomic E-state index is 12.4. The fourth-order valence-corrected chi connectivity index (χ4v) is 5.10.